The molecule has 0 aliphatic carbocycles. The van der Waals surface area contributed by atoms with Crippen molar-refractivity contribution in [3.8, 4) is 0 Å². The molecule has 2 aromatic carbocycles. The molecule has 7 nitrogen and oxygen atoms in total. The number of carbonyl (C=O) groups excluding carboxylic acids is 1. The molecule has 2 N–H and O–H groups in total. The fraction of sp³-hybridized carbons (Fsp3) is 0.333. The molecule has 3 aromatic rings. The summed E-state index contributed by atoms with van der Waals surface area (Å²) in [4.78, 5) is 24.7. The van der Waals surface area contributed by atoms with Crippen molar-refractivity contribution in [2.24, 2.45) is 0 Å². The van der Waals surface area contributed by atoms with Crippen molar-refractivity contribution in [3.63, 3.8) is 0 Å². The first kappa shape index (κ1) is 22.0. The molecule has 3 rings (SSSR count). The first-order valence-corrected chi connectivity index (χ1v) is 12.1. The molecule has 30 heavy (non-hydrogen) atoms. The molecule has 0 radical (unpaired) electrons. The van der Waals surface area contributed by atoms with Gasteiger partial charge in [0.1, 0.15) is 0 Å². The highest BCUT2D eigenvalue weighted by Gasteiger charge is 2.20. The highest BCUT2D eigenvalue weighted by molar-refractivity contribution is 7.92. The van der Waals surface area contributed by atoms with Crippen LogP contribution in [0.4, 0.5) is 5.69 Å². The summed E-state index contributed by atoms with van der Waals surface area (Å²) < 4.78 is 30.8. The van der Waals surface area contributed by atoms with Gasteiger partial charge in [0, 0.05) is 12.6 Å². The van der Waals surface area contributed by atoms with Gasteiger partial charge >= 0.3 is 4.87 Å². The summed E-state index contributed by atoms with van der Waals surface area (Å²) in [6, 6.07) is 11.1. The average Bonchev–Trinajstić information content (AvgIpc) is 3.02. The largest absolute Gasteiger partial charge is 0.350 e. The number of aryl methyl sites for hydroxylation is 1. The van der Waals surface area contributed by atoms with E-state index in [0.717, 1.165) is 29.7 Å². The number of hydrogen-bond acceptors (Lipinski definition) is 5. The number of para-hydroxylation sites is 1. The maximum Gasteiger partial charge on any atom is 0.308 e. The van der Waals surface area contributed by atoms with Gasteiger partial charge in [0.2, 0.25) is 0 Å². The predicted molar refractivity (Wildman–Crippen MR) is 121 cm³/mol. The van der Waals surface area contributed by atoms with Crippen LogP contribution in [-0.2, 0) is 16.6 Å². The molecule has 1 unspecified atom stereocenters. The highest BCUT2D eigenvalue weighted by Crippen LogP contribution is 2.25. The molecule has 1 amide bonds. The summed E-state index contributed by atoms with van der Waals surface area (Å²) in [5.74, 6) is -0.340. The molecule has 0 saturated carbocycles. The van der Waals surface area contributed by atoms with Crippen molar-refractivity contribution >= 4 is 43.2 Å². The maximum absolute atomic E-state index is 13.0. The van der Waals surface area contributed by atoms with Gasteiger partial charge < -0.3 is 5.32 Å². The molecule has 1 aromatic heterocycles. The number of nitrogens with one attached hydrogen (secondary N) is 2. The van der Waals surface area contributed by atoms with Gasteiger partial charge in [0.25, 0.3) is 15.9 Å². The number of nitrogens with zero attached hydrogens (tertiary/aromatic N) is 1. The molecule has 1 atom stereocenters. The van der Waals surface area contributed by atoms with Crippen LogP contribution in [0.5, 0.6) is 0 Å². The Labute approximate surface area is 179 Å². The SMILES string of the molecule is CCCn1c(=O)sc2cc(S(=O)(=O)Nc3ccccc3C(=O)NC(C)CC)ccc21. The number of benzene rings is 2. The van der Waals surface area contributed by atoms with Gasteiger partial charge in [-0.1, -0.05) is 37.3 Å². The van der Waals surface area contributed by atoms with E-state index in [1.165, 1.54) is 12.1 Å². The van der Waals surface area contributed by atoms with E-state index in [2.05, 4.69) is 10.0 Å². The van der Waals surface area contributed by atoms with E-state index in [9.17, 15) is 18.0 Å². The van der Waals surface area contributed by atoms with Crippen molar-refractivity contribution in [2.75, 3.05) is 4.72 Å². The van der Waals surface area contributed by atoms with Crippen LogP contribution < -0.4 is 14.9 Å². The Bertz CT molecular complexity index is 1230. The number of thiazole rings is 1. The van der Waals surface area contributed by atoms with Crippen molar-refractivity contribution in [1.29, 1.82) is 0 Å². The lowest BCUT2D eigenvalue weighted by atomic mass is 10.1. The minimum Gasteiger partial charge on any atom is -0.350 e. The first-order valence-electron chi connectivity index (χ1n) is 9.83. The summed E-state index contributed by atoms with van der Waals surface area (Å²) in [5.41, 5.74) is 1.18. The first-order chi connectivity index (χ1) is 14.3. The third kappa shape index (κ3) is 4.57. The predicted octanol–water partition coefficient (Wildman–Crippen LogP) is 3.80. The number of rotatable bonds is 8. The zero-order valence-corrected chi connectivity index (χ0v) is 18.8. The van der Waals surface area contributed by atoms with Crippen molar-refractivity contribution in [1.82, 2.24) is 9.88 Å². The fourth-order valence-electron chi connectivity index (χ4n) is 3.03. The summed E-state index contributed by atoms with van der Waals surface area (Å²) in [6.07, 6.45) is 1.57. The lowest BCUT2D eigenvalue weighted by molar-refractivity contribution is 0.0940. The fourth-order valence-corrected chi connectivity index (χ4v) is 5.16. The zero-order chi connectivity index (χ0) is 21.9. The molecule has 0 aliphatic rings. The highest BCUT2D eigenvalue weighted by atomic mass is 32.2. The normalized spacial score (nSPS) is 12.6. The van der Waals surface area contributed by atoms with Gasteiger partial charge in [-0.2, -0.15) is 0 Å². The summed E-state index contributed by atoms with van der Waals surface area (Å²) in [6.45, 7) is 6.41. The standard InChI is InChI=1S/C21H25N3O4S2/c1-4-12-24-18-11-10-15(13-19(18)29-21(24)26)30(27,28)23-17-9-7-6-8-16(17)20(25)22-14(3)5-2/h6-11,13-14,23H,4-5,12H2,1-3H3,(H,22,25). The van der Waals surface area contributed by atoms with Crippen LogP contribution in [0, 0.1) is 0 Å². The van der Waals surface area contributed by atoms with Crippen LogP contribution in [-0.4, -0.2) is 24.9 Å². The van der Waals surface area contributed by atoms with Gasteiger partial charge in [0.15, 0.2) is 0 Å². The lowest BCUT2D eigenvalue weighted by Crippen LogP contribution is -2.32. The number of carbonyl (C=O) groups is 1. The topological polar surface area (TPSA) is 97.3 Å². The molecular weight excluding hydrogens is 422 g/mol. The molecule has 0 bridgehead atoms. The van der Waals surface area contributed by atoms with E-state index in [4.69, 9.17) is 0 Å². The smallest absolute Gasteiger partial charge is 0.308 e. The Hall–Kier alpha value is -2.65. The molecule has 9 heteroatoms. The van der Waals surface area contributed by atoms with Crippen LogP contribution in [0.25, 0.3) is 10.2 Å². The van der Waals surface area contributed by atoms with E-state index < -0.39 is 10.0 Å². The lowest BCUT2D eigenvalue weighted by Gasteiger charge is -2.15. The number of fused-ring (bicyclic) bond motifs is 1. The molecular formula is C21H25N3O4S2. The minimum atomic E-state index is -3.95. The second kappa shape index (κ2) is 9.01. The number of anilines is 1. The maximum atomic E-state index is 13.0. The molecule has 160 valence electrons. The second-order valence-electron chi connectivity index (χ2n) is 7.08. The van der Waals surface area contributed by atoms with E-state index in [0.29, 0.717) is 11.2 Å². The van der Waals surface area contributed by atoms with Gasteiger partial charge in [-0.25, -0.2) is 8.42 Å². The number of hydrogen-bond donors (Lipinski definition) is 2. The van der Waals surface area contributed by atoms with E-state index in [-0.39, 0.29) is 33.0 Å². The van der Waals surface area contributed by atoms with Gasteiger partial charge in [-0.3, -0.25) is 18.9 Å². The minimum absolute atomic E-state index is 0.0282. The third-order valence-electron chi connectivity index (χ3n) is 4.80. The summed E-state index contributed by atoms with van der Waals surface area (Å²) in [5, 5.41) is 2.85. The van der Waals surface area contributed by atoms with Gasteiger partial charge in [-0.05, 0) is 50.1 Å². The van der Waals surface area contributed by atoms with Crippen molar-refractivity contribution < 1.29 is 13.2 Å². The van der Waals surface area contributed by atoms with Crippen molar-refractivity contribution in [3.05, 3.63) is 57.7 Å². The third-order valence-corrected chi connectivity index (χ3v) is 7.11. The quantitative estimate of drug-likeness (QED) is 0.549. The average molecular weight is 448 g/mol. The monoisotopic (exact) mass is 447 g/mol. The molecule has 0 fully saturated rings. The zero-order valence-electron chi connectivity index (χ0n) is 17.1. The van der Waals surface area contributed by atoms with Gasteiger partial charge in [-0.15, -0.1) is 0 Å². The molecule has 1 heterocycles. The second-order valence-corrected chi connectivity index (χ2v) is 9.76. The molecule has 0 spiro atoms. The Morgan fingerprint density at radius 2 is 1.90 bits per heavy atom. The van der Waals surface area contributed by atoms with E-state index in [1.807, 2.05) is 20.8 Å². The Kier molecular flexibility index (Phi) is 6.62. The number of sulfonamides is 1. The Balaban J connectivity index is 1.94. The Morgan fingerprint density at radius 1 is 1.17 bits per heavy atom. The van der Waals surface area contributed by atoms with Crippen molar-refractivity contribution in [2.45, 2.75) is 51.1 Å². The van der Waals surface area contributed by atoms with Crippen LogP contribution in [0.2, 0.25) is 0 Å². The van der Waals surface area contributed by atoms with Gasteiger partial charge in [0.05, 0.1) is 26.4 Å². The molecule has 0 saturated heterocycles. The summed E-state index contributed by atoms with van der Waals surface area (Å²) in [7, 11) is -3.95. The van der Waals surface area contributed by atoms with E-state index in [1.54, 1.807) is 34.9 Å². The van der Waals surface area contributed by atoms with Crippen LogP contribution in [0.15, 0.2) is 52.2 Å². The van der Waals surface area contributed by atoms with Crippen LogP contribution in [0.1, 0.15) is 44.0 Å². The summed E-state index contributed by atoms with van der Waals surface area (Å²) >= 11 is 1.02. The van der Waals surface area contributed by atoms with Crippen LogP contribution in [0.3, 0.4) is 0 Å². The van der Waals surface area contributed by atoms with E-state index >= 15 is 0 Å². The molecule has 0 aliphatic heterocycles. The number of amides is 1. The number of aromatic nitrogens is 1. The Morgan fingerprint density at radius 3 is 2.60 bits per heavy atom. The van der Waals surface area contributed by atoms with Crippen LogP contribution >= 0.6 is 11.3 Å².